The molecular formula is C35H38N4O3S. The first-order chi connectivity index (χ1) is 20.9. The smallest absolute Gasteiger partial charge is 0.265 e. The Morgan fingerprint density at radius 3 is 2.33 bits per heavy atom. The van der Waals surface area contributed by atoms with Crippen molar-refractivity contribution in [3.63, 3.8) is 0 Å². The summed E-state index contributed by atoms with van der Waals surface area (Å²) in [5.41, 5.74) is 3.99. The third kappa shape index (κ3) is 7.32. The predicted molar refractivity (Wildman–Crippen MR) is 174 cm³/mol. The molecule has 1 atom stereocenters. The van der Waals surface area contributed by atoms with Crippen molar-refractivity contribution in [2.75, 3.05) is 43.4 Å². The number of carbonyl (C=O) groups is 3. The molecule has 222 valence electrons. The quantitative estimate of drug-likeness (QED) is 0.240. The van der Waals surface area contributed by atoms with Crippen LogP contribution in [-0.4, -0.2) is 60.7 Å². The molecule has 0 bridgehead atoms. The van der Waals surface area contributed by atoms with Gasteiger partial charge in [-0.3, -0.25) is 14.4 Å². The van der Waals surface area contributed by atoms with Gasteiger partial charge in [0, 0.05) is 51.1 Å². The molecule has 43 heavy (non-hydrogen) atoms. The molecule has 1 N–H and O–H groups in total. The molecule has 1 aliphatic rings. The average molecular weight is 595 g/mol. The zero-order chi connectivity index (χ0) is 30.2. The highest BCUT2D eigenvalue weighted by molar-refractivity contribution is 7.12. The molecular weight excluding hydrogens is 556 g/mol. The fraction of sp³-hybridized carbons (Fsp3) is 0.286. The van der Waals surface area contributed by atoms with Crippen molar-refractivity contribution in [2.24, 2.45) is 0 Å². The molecule has 1 aromatic heterocycles. The molecule has 0 aliphatic carbocycles. The summed E-state index contributed by atoms with van der Waals surface area (Å²) in [5, 5.41) is 4.82. The summed E-state index contributed by atoms with van der Waals surface area (Å²) < 4.78 is 0. The number of thiophene rings is 1. The van der Waals surface area contributed by atoms with Crippen molar-refractivity contribution < 1.29 is 14.4 Å². The number of amides is 3. The van der Waals surface area contributed by atoms with Crippen molar-refractivity contribution in [1.29, 1.82) is 0 Å². The second-order valence-electron chi connectivity index (χ2n) is 10.8. The van der Waals surface area contributed by atoms with Gasteiger partial charge in [0.25, 0.3) is 11.8 Å². The number of nitrogens with zero attached hydrogens (tertiary/aromatic N) is 3. The molecule has 1 saturated heterocycles. The SMILES string of the molecule is CC[C@@H](C(=O)N1CCCN(c2ccc(NC(=O)c3cccs3)cc2C(=O)N(C)Cc2ccccc2)CC1)c1ccccc1. The van der Waals surface area contributed by atoms with Crippen molar-refractivity contribution in [2.45, 2.75) is 32.2 Å². The summed E-state index contributed by atoms with van der Waals surface area (Å²) in [6.45, 7) is 5.10. The van der Waals surface area contributed by atoms with Crippen LogP contribution in [0.4, 0.5) is 11.4 Å². The van der Waals surface area contributed by atoms with Crippen LogP contribution in [0.3, 0.4) is 0 Å². The zero-order valence-corrected chi connectivity index (χ0v) is 25.6. The molecule has 8 heteroatoms. The molecule has 0 spiro atoms. The molecule has 1 fully saturated rings. The lowest BCUT2D eigenvalue weighted by Crippen LogP contribution is -2.38. The van der Waals surface area contributed by atoms with E-state index in [1.807, 2.05) is 89.1 Å². The van der Waals surface area contributed by atoms with Gasteiger partial charge in [-0.1, -0.05) is 73.7 Å². The first-order valence-electron chi connectivity index (χ1n) is 14.8. The number of hydrogen-bond donors (Lipinski definition) is 1. The fourth-order valence-corrected chi connectivity index (χ4v) is 6.25. The molecule has 1 aliphatic heterocycles. The van der Waals surface area contributed by atoms with Gasteiger partial charge in [0.2, 0.25) is 5.91 Å². The number of carbonyl (C=O) groups excluding carboxylic acids is 3. The summed E-state index contributed by atoms with van der Waals surface area (Å²) in [6.07, 6.45) is 1.54. The number of hydrogen-bond acceptors (Lipinski definition) is 5. The van der Waals surface area contributed by atoms with Gasteiger partial charge in [0.15, 0.2) is 0 Å². The summed E-state index contributed by atoms with van der Waals surface area (Å²) in [7, 11) is 1.80. The van der Waals surface area contributed by atoms with Crippen LogP contribution in [0.5, 0.6) is 0 Å². The van der Waals surface area contributed by atoms with E-state index < -0.39 is 0 Å². The van der Waals surface area contributed by atoms with E-state index in [1.165, 1.54) is 11.3 Å². The maximum absolute atomic E-state index is 13.9. The maximum atomic E-state index is 13.9. The summed E-state index contributed by atoms with van der Waals surface area (Å²) >= 11 is 1.37. The molecule has 3 amide bonds. The molecule has 4 aromatic rings. The highest BCUT2D eigenvalue weighted by Crippen LogP contribution is 2.29. The van der Waals surface area contributed by atoms with Crippen molar-refractivity contribution in [3.05, 3.63) is 118 Å². The topological polar surface area (TPSA) is 73.0 Å². The van der Waals surface area contributed by atoms with Gasteiger partial charge in [-0.05, 0) is 53.6 Å². The first kappa shape index (κ1) is 30.0. The van der Waals surface area contributed by atoms with E-state index in [0.29, 0.717) is 42.3 Å². The van der Waals surface area contributed by atoms with Crippen molar-refractivity contribution in [3.8, 4) is 0 Å². The van der Waals surface area contributed by atoms with Crippen LogP contribution in [0.2, 0.25) is 0 Å². The summed E-state index contributed by atoms with van der Waals surface area (Å²) in [5.74, 6) is -0.339. The predicted octanol–water partition coefficient (Wildman–Crippen LogP) is 6.51. The lowest BCUT2D eigenvalue weighted by molar-refractivity contribution is -0.132. The number of anilines is 2. The minimum absolute atomic E-state index is 0.127. The van der Waals surface area contributed by atoms with Gasteiger partial charge in [0.1, 0.15) is 0 Å². The Bertz CT molecular complexity index is 1530. The molecule has 5 rings (SSSR count). The fourth-order valence-electron chi connectivity index (χ4n) is 5.63. The van der Waals surface area contributed by atoms with E-state index in [9.17, 15) is 14.4 Å². The second kappa shape index (κ2) is 14.2. The minimum Gasteiger partial charge on any atom is -0.369 e. The lowest BCUT2D eigenvalue weighted by Gasteiger charge is -2.28. The highest BCUT2D eigenvalue weighted by Gasteiger charge is 2.28. The van der Waals surface area contributed by atoms with E-state index in [2.05, 4.69) is 17.1 Å². The first-order valence-corrected chi connectivity index (χ1v) is 15.7. The van der Waals surface area contributed by atoms with Gasteiger partial charge in [-0.25, -0.2) is 0 Å². The van der Waals surface area contributed by atoms with Crippen LogP contribution in [0, 0.1) is 0 Å². The Morgan fingerprint density at radius 1 is 0.884 bits per heavy atom. The van der Waals surface area contributed by atoms with Gasteiger partial charge in [-0.2, -0.15) is 0 Å². The van der Waals surface area contributed by atoms with Gasteiger partial charge in [-0.15, -0.1) is 11.3 Å². The van der Waals surface area contributed by atoms with E-state index in [4.69, 9.17) is 0 Å². The summed E-state index contributed by atoms with van der Waals surface area (Å²) in [6, 6.07) is 29.0. The van der Waals surface area contributed by atoms with Gasteiger partial charge in [0.05, 0.1) is 16.4 Å². The molecule has 2 heterocycles. The van der Waals surface area contributed by atoms with Crippen LogP contribution in [0.1, 0.15) is 56.8 Å². The summed E-state index contributed by atoms with van der Waals surface area (Å²) in [4.78, 5) is 46.9. The molecule has 0 unspecified atom stereocenters. The Labute approximate surface area is 257 Å². The average Bonchev–Trinajstić information content (AvgIpc) is 3.47. The standard InChI is InChI=1S/C35H38N4O3S/c1-3-29(27-14-8-5-9-15-27)35(42)39-20-11-19-38(21-22-39)31-18-17-28(36-33(40)32-16-10-23-43-32)24-30(31)34(41)37(2)25-26-12-6-4-7-13-26/h4-10,12-18,23-24,29H,3,11,19-22,25H2,1-2H3,(H,36,40)/t29-/m1/s1. The third-order valence-corrected chi connectivity index (χ3v) is 8.76. The number of benzene rings is 3. The van der Waals surface area contributed by atoms with E-state index >= 15 is 0 Å². The lowest BCUT2D eigenvalue weighted by atomic mass is 9.95. The maximum Gasteiger partial charge on any atom is 0.265 e. The van der Waals surface area contributed by atoms with Gasteiger partial charge < -0.3 is 20.0 Å². The second-order valence-corrected chi connectivity index (χ2v) is 11.8. The van der Waals surface area contributed by atoms with Crippen LogP contribution >= 0.6 is 11.3 Å². The van der Waals surface area contributed by atoms with Crippen LogP contribution in [-0.2, 0) is 11.3 Å². The largest absolute Gasteiger partial charge is 0.369 e. The third-order valence-electron chi connectivity index (χ3n) is 7.90. The van der Waals surface area contributed by atoms with Crippen molar-refractivity contribution in [1.82, 2.24) is 9.80 Å². The van der Waals surface area contributed by atoms with Crippen molar-refractivity contribution >= 4 is 40.4 Å². The normalized spacial score (nSPS) is 14.1. The Balaban J connectivity index is 1.38. The number of nitrogens with one attached hydrogen (secondary N) is 1. The zero-order valence-electron chi connectivity index (χ0n) is 24.7. The molecule has 3 aromatic carbocycles. The van der Waals surface area contributed by atoms with E-state index in [-0.39, 0.29) is 23.6 Å². The Morgan fingerprint density at radius 2 is 1.63 bits per heavy atom. The van der Waals surface area contributed by atoms with E-state index in [0.717, 1.165) is 36.2 Å². The Hall–Kier alpha value is -4.43. The van der Waals surface area contributed by atoms with Crippen LogP contribution < -0.4 is 10.2 Å². The molecule has 7 nitrogen and oxygen atoms in total. The molecule has 0 radical (unpaired) electrons. The molecule has 0 saturated carbocycles. The van der Waals surface area contributed by atoms with Crippen LogP contribution in [0.25, 0.3) is 0 Å². The highest BCUT2D eigenvalue weighted by atomic mass is 32.1. The van der Waals surface area contributed by atoms with E-state index in [1.54, 1.807) is 24.1 Å². The van der Waals surface area contributed by atoms with Gasteiger partial charge >= 0.3 is 0 Å². The van der Waals surface area contributed by atoms with Crippen LogP contribution in [0.15, 0.2) is 96.4 Å². The Kier molecular flexibility index (Phi) is 9.89. The number of rotatable bonds is 9. The minimum atomic E-state index is -0.202. The monoisotopic (exact) mass is 594 g/mol.